The highest BCUT2D eigenvalue weighted by Crippen LogP contribution is 2.40. The molecule has 0 aromatic rings. The van der Waals surface area contributed by atoms with Crippen molar-refractivity contribution < 1.29 is 9.53 Å². The normalized spacial score (nSPS) is 18.9. The summed E-state index contributed by atoms with van der Waals surface area (Å²) in [5.74, 6) is -0.351. The van der Waals surface area contributed by atoms with Crippen molar-refractivity contribution in [2.75, 3.05) is 7.11 Å². The molecule has 0 fully saturated rings. The van der Waals surface area contributed by atoms with Crippen molar-refractivity contribution in [3.05, 3.63) is 119 Å². The fourth-order valence-electron chi connectivity index (χ4n) is 3.83. The summed E-state index contributed by atoms with van der Waals surface area (Å²) in [5, 5.41) is 0. The minimum absolute atomic E-state index is 0.280. The van der Waals surface area contributed by atoms with Crippen LogP contribution in [0.5, 0.6) is 0 Å². The third-order valence-electron chi connectivity index (χ3n) is 6.00. The predicted octanol–water partition coefficient (Wildman–Crippen LogP) is 9.25. The minimum Gasteiger partial charge on any atom is -0.466 e. The summed E-state index contributed by atoms with van der Waals surface area (Å²) in [7, 11) is 1.37. The summed E-state index contributed by atoms with van der Waals surface area (Å²) in [6.45, 7) is 15.2. The minimum atomic E-state index is -0.351. The van der Waals surface area contributed by atoms with Crippen molar-refractivity contribution in [2.45, 2.75) is 67.7 Å². The molecule has 0 heterocycles. The molecular formula is C33H44O2. The molecule has 0 aromatic carbocycles. The molecule has 0 N–H and O–H groups in total. The fourth-order valence-corrected chi connectivity index (χ4v) is 3.83. The van der Waals surface area contributed by atoms with E-state index in [1.54, 1.807) is 6.08 Å². The van der Waals surface area contributed by atoms with Crippen molar-refractivity contribution >= 4 is 5.97 Å². The predicted molar refractivity (Wildman–Crippen MR) is 153 cm³/mol. The van der Waals surface area contributed by atoms with E-state index in [2.05, 4.69) is 88.8 Å². The summed E-state index contributed by atoms with van der Waals surface area (Å²) >= 11 is 0. The van der Waals surface area contributed by atoms with E-state index < -0.39 is 0 Å². The molecule has 2 nitrogen and oxygen atoms in total. The van der Waals surface area contributed by atoms with Gasteiger partial charge in [0.15, 0.2) is 0 Å². The number of hydrogen-bond donors (Lipinski definition) is 0. The Morgan fingerprint density at radius 3 is 1.74 bits per heavy atom. The molecular weight excluding hydrogens is 428 g/mol. The van der Waals surface area contributed by atoms with Crippen LogP contribution in [0, 0.1) is 5.41 Å². The number of ether oxygens (including phenoxy) is 1. The molecule has 0 unspecified atom stereocenters. The van der Waals surface area contributed by atoms with Gasteiger partial charge in [-0.1, -0.05) is 121 Å². The molecule has 188 valence electrons. The average Bonchev–Trinajstić information content (AvgIpc) is 2.79. The van der Waals surface area contributed by atoms with E-state index in [0.29, 0.717) is 0 Å². The fraction of sp³-hybridized carbons (Fsp3) is 0.364. The quantitative estimate of drug-likeness (QED) is 0.180. The van der Waals surface area contributed by atoms with E-state index in [9.17, 15) is 4.79 Å². The molecule has 2 heteroatoms. The third kappa shape index (κ3) is 12.8. The monoisotopic (exact) mass is 472 g/mol. The molecule has 1 rings (SSSR count). The molecule has 35 heavy (non-hydrogen) atoms. The van der Waals surface area contributed by atoms with Crippen LogP contribution in [0.1, 0.15) is 67.7 Å². The Balaban J connectivity index is 2.62. The zero-order valence-corrected chi connectivity index (χ0v) is 23.0. The molecule has 1 aliphatic rings. The highest BCUT2D eigenvalue weighted by atomic mass is 16.5. The lowest BCUT2D eigenvalue weighted by molar-refractivity contribution is -0.134. The lowest BCUT2D eigenvalue weighted by Crippen LogP contribution is -2.19. The van der Waals surface area contributed by atoms with Gasteiger partial charge in [-0.05, 0) is 64.9 Å². The Kier molecular flexibility index (Phi) is 13.4. The lowest BCUT2D eigenvalue weighted by atomic mass is 9.72. The molecule has 0 atom stereocenters. The van der Waals surface area contributed by atoms with Crippen molar-refractivity contribution in [1.82, 2.24) is 0 Å². The molecule has 0 aliphatic heterocycles. The third-order valence-corrected chi connectivity index (χ3v) is 6.00. The maximum absolute atomic E-state index is 11.1. The van der Waals surface area contributed by atoms with E-state index in [0.717, 1.165) is 11.1 Å². The van der Waals surface area contributed by atoms with Gasteiger partial charge in [0.05, 0.1) is 7.11 Å². The van der Waals surface area contributed by atoms with Gasteiger partial charge in [-0.2, -0.15) is 0 Å². The smallest absolute Gasteiger partial charge is 0.330 e. The lowest BCUT2D eigenvalue weighted by Gasteiger charge is -2.32. The van der Waals surface area contributed by atoms with Crippen LogP contribution in [0.3, 0.4) is 0 Å². The van der Waals surface area contributed by atoms with E-state index >= 15 is 0 Å². The number of esters is 1. The summed E-state index contributed by atoms with van der Waals surface area (Å²) in [5.41, 5.74) is 7.88. The van der Waals surface area contributed by atoms with E-state index in [1.165, 1.54) is 54.7 Å². The number of hydrogen-bond acceptors (Lipinski definition) is 2. The first kappa shape index (κ1) is 29.9. The first-order valence-corrected chi connectivity index (χ1v) is 12.4. The van der Waals surface area contributed by atoms with Gasteiger partial charge in [-0.3, -0.25) is 0 Å². The Bertz CT molecular complexity index is 1020. The van der Waals surface area contributed by atoms with E-state index in [4.69, 9.17) is 0 Å². The Labute approximate surface area is 214 Å². The first-order chi connectivity index (χ1) is 16.5. The topological polar surface area (TPSA) is 26.3 Å². The maximum atomic E-state index is 11.1. The van der Waals surface area contributed by atoms with Crippen molar-refractivity contribution in [3.63, 3.8) is 0 Å². The number of rotatable bonds is 10. The van der Waals surface area contributed by atoms with Gasteiger partial charge >= 0.3 is 5.97 Å². The summed E-state index contributed by atoms with van der Waals surface area (Å²) < 4.78 is 4.58. The highest BCUT2D eigenvalue weighted by molar-refractivity contribution is 5.82. The number of allylic oxidation sites excluding steroid dienone is 19. The van der Waals surface area contributed by atoms with Gasteiger partial charge in [-0.15, -0.1) is 0 Å². The molecule has 0 radical (unpaired) electrons. The maximum Gasteiger partial charge on any atom is 0.330 e. The van der Waals surface area contributed by atoms with Gasteiger partial charge in [0, 0.05) is 6.08 Å². The van der Waals surface area contributed by atoms with Crippen molar-refractivity contribution in [3.8, 4) is 0 Å². The number of methoxy groups -OCH3 is 1. The van der Waals surface area contributed by atoms with Crippen molar-refractivity contribution in [2.24, 2.45) is 5.41 Å². The van der Waals surface area contributed by atoms with Gasteiger partial charge in [-0.25, -0.2) is 4.79 Å². The largest absolute Gasteiger partial charge is 0.466 e. The van der Waals surface area contributed by atoms with Gasteiger partial charge in [0.2, 0.25) is 0 Å². The summed E-state index contributed by atoms with van der Waals surface area (Å²) in [4.78, 5) is 11.1. The summed E-state index contributed by atoms with van der Waals surface area (Å²) in [6.07, 6.45) is 32.1. The highest BCUT2D eigenvalue weighted by Gasteiger charge is 2.26. The van der Waals surface area contributed by atoms with Gasteiger partial charge in [0.1, 0.15) is 0 Å². The molecule has 0 amide bonds. The standard InChI is InChI=1S/C33H44O2/c1-26(14-9-10-15-27(2)17-12-19-29(4)22-24-32(34)35-8)16-11-18-28(3)21-23-31-30(5)20-13-25-33(31,6)7/h9-12,14-19,21-24H,13,20,25H2,1-8H3/b10-9+,16-11+,17-12+,23-21+,24-22+,26-14+,27-15+,28-18+,29-19+. The zero-order valence-electron chi connectivity index (χ0n) is 23.0. The molecule has 0 bridgehead atoms. The van der Waals surface area contributed by atoms with Crippen LogP contribution in [0.25, 0.3) is 0 Å². The molecule has 0 saturated heterocycles. The van der Waals surface area contributed by atoms with Crippen LogP contribution in [0.4, 0.5) is 0 Å². The second kappa shape index (κ2) is 15.7. The van der Waals surface area contributed by atoms with Gasteiger partial charge in [0.25, 0.3) is 0 Å². The second-order valence-corrected chi connectivity index (χ2v) is 9.87. The van der Waals surface area contributed by atoms with E-state index in [-0.39, 0.29) is 11.4 Å². The molecule has 0 saturated carbocycles. The van der Waals surface area contributed by atoms with Crippen LogP contribution in [-0.2, 0) is 9.53 Å². The van der Waals surface area contributed by atoms with Gasteiger partial charge < -0.3 is 4.74 Å². The van der Waals surface area contributed by atoms with E-state index in [1.807, 2.05) is 37.3 Å². The Morgan fingerprint density at radius 2 is 1.23 bits per heavy atom. The molecule has 1 aliphatic carbocycles. The molecule has 0 spiro atoms. The van der Waals surface area contributed by atoms with Crippen LogP contribution in [0.15, 0.2) is 119 Å². The average molecular weight is 473 g/mol. The molecule has 0 aromatic heterocycles. The Hall–Kier alpha value is -3.13. The Morgan fingerprint density at radius 1 is 0.743 bits per heavy atom. The van der Waals surface area contributed by atoms with Crippen LogP contribution in [0.2, 0.25) is 0 Å². The summed E-state index contributed by atoms with van der Waals surface area (Å²) in [6, 6.07) is 0. The number of carbonyl (C=O) groups excluding carboxylic acids is 1. The van der Waals surface area contributed by atoms with Crippen molar-refractivity contribution in [1.29, 1.82) is 0 Å². The van der Waals surface area contributed by atoms with Crippen LogP contribution in [-0.4, -0.2) is 13.1 Å². The first-order valence-electron chi connectivity index (χ1n) is 12.4. The second-order valence-electron chi connectivity index (χ2n) is 9.87. The SMILES string of the molecule is COC(=O)/C=C/C(C)=C/C=C/C(C)=C/C=C/C=C(C)/C=C/C=C(C)/C=C/C1=C(C)CCCC1(C)C. The van der Waals surface area contributed by atoms with Crippen LogP contribution < -0.4 is 0 Å². The number of carbonyl (C=O) groups is 1. The van der Waals surface area contributed by atoms with Crippen LogP contribution >= 0.6 is 0 Å². The zero-order chi connectivity index (χ0) is 26.3.